The fourth-order valence-electron chi connectivity index (χ4n) is 1.50. The summed E-state index contributed by atoms with van der Waals surface area (Å²) >= 11 is 5.38. The third kappa shape index (κ3) is 4.22. The highest BCUT2D eigenvalue weighted by atomic mass is 35.5. The first-order valence-electron chi connectivity index (χ1n) is 5.06. The van der Waals surface area contributed by atoms with E-state index in [-0.39, 0.29) is 17.9 Å². The summed E-state index contributed by atoms with van der Waals surface area (Å²) in [5.41, 5.74) is 0.543. The molecule has 1 N–H and O–H groups in total. The number of rotatable bonds is 7. The largest absolute Gasteiger partial charge is 0.481 e. The molecule has 0 saturated carbocycles. The van der Waals surface area contributed by atoms with E-state index in [4.69, 9.17) is 16.3 Å². The van der Waals surface area contributed by atoms with Crippen LogP contribution in [0.4, 0.5) is 4.39 Å². The summed E-state index contributed by atoms with van der Waals surface area (Å²) < 4.78 is 31.5. The fourth-order valence-corrected chi connectivity index (χ4v) is 2.05. The highest BCUT2D eigenvalue weighted by Gasteiger charge is 2.17. The Hall–Kier alpha value is -0.720. The predicted octanol–water partition coefficient (Wildman–Crippen LogP) is 1.74. The molecule has 0 aliphatic carbocycles. The molecule has 96 valence electrons. The van der Waals surface area contributed by atoms with Crippen LogP contribution in [0.3, 0.4) is 0 Å². The van der Waals surface area contributed by atoms with Gasteiger partial charge in [-0.15, -0.1) is 11.6 Å². The Labute approximate surface area is 108 Å². The van der Waals surface area contributed by atoms with Crippen LogP contribution < -0.4 is 9.46 Å². The number of nitrogens with one attached hydrogen (secondary N) is 1. The molecule has 0 aliphatic rings. The van der Waals surface area contributed by atoms with Crippen molar-refractivity contribution >= 4 is 23.5 Å². The lowest BCUT2D eigenvalue weighted by molar-refractivity contribution is 0.382. The first kappa shape index (κ1) is 14.3. The molecular formula is C10H14ClFN2O2S. The minimum atomic E-state index is -0.457. The zero-order valence-electron chi connectivity index (χ0n) is 9.32. The van der Waals surface area contributed by atoms with Crippen molar-refractivity contribution in [3.63, 3.8) is 0 Å². The van der Waals surface area contributed by atoms with Gasteiger partial charge >= 0.3 is 0 Å². The van der Waals surface area contributed by atoms with Gasteiger partial charge < -0.3 is 4.74 Å². The van der Waals surface area contributed by atoms with Gasteiger partial charge in [-0.3, -0.25) is 0 Å². The number of thiol groups is 1. The van der Waals surface area contributed by atoms with Crippen molar-refractivity contribution < 1.29 is 13.3 Å². The quantitative estimate of drug-likeness (QED) is 0.591. The lowest BCUT2D eigenvalue weighted by atomic mass is 10.0. The summed E-state index contributed by atoms with van der Waals surface area (Å²) in [5, 5.41) is 0. The Bertz CT molecular complexity index is 381. The topological polar surface area (TPSA) is 51.2 Å². The van der Waals surface area contributed by atoms with E-state index in [2.05, 4.69) is 9.71 Å². The second kappa shape index (κ2) is 7.58. The van der Waals surface area contributed by atoms with Gasteiger partial charge in [-0.2, -0.15) is 0 Å². The van der Waals surface area contributed by atoms with Crippen LogP contribution in [0.15, 0.2) is 12.3 Å². The zero-order chi connectivity index (χ0) is 12.7. The van der Waals surface area contributed by atoms with Gasteiger partial charge in [-0.05, 0) is 18.9 Å². The summed E-state index contributed by atoms with van der Waals surface area (Å²) in [6.07, 6.45) is 2.42. The van der Waals surface area contributed by atoms with Gasteiger partial charge in [0.1, 0.15) is 5.82 Å². The number of hydrogen-bond acceptors (Lipinski definition) is 3. The Morgan fingerprint density at radius 2 is 2.47 bits per heavy atom. The summed E-state index contributed by atoms with van der Waals surface area (Å²) in [6, 6.07) is 1.02. The number of alkyl halides is 1. The number of ether oxygens (including phenoxy) is 1. The molecule has 0 fully saturated rings. The standard InChI is InChI=1S/C10H14ClFN2O2S/c1-16-10-8(5-7(12)6-13-10)9(14-17-15)3-2-4-11/h5-6,9,17H,2-4H2,1H3,(H,14,15). The molecule has 7 heteroatoms. The second-order valence-corrected chi connectivity index (χ2v) is 4.17. The van der Waals surface area contributed by atoms with Crippen LogP contribution in [0.25, 0.3) is 0 Å². The van der Waals surface area contributed by atoms with E-state index in [0.29, 0.717) is 30.2 Å². The van der Waals surface area contributed by atoms with Crippen molar-refractivity contribution in [2.24, 2.45) is 0 Å². The summed E-state index contributed by atoms with van der Waals surface area (Å²) in [6.45, 7) is 0. The minimum Gasteiger partial charge on any atom is -0.481 e. The maximum absolute atomic E-state index is 13.2. The van der Waals surface area contributed by atoms with Crippen LogP contribution >= 0.6 is 11.6 Å². The maximum Gasteiger partial charge on any atom is 0.218 e. The van der Waals surface area contributed by atoms with Gasteiger partial charge in [0.05, 0.1) is 25.2 Å². The monoisotopic (exact) mass is 280 g/mol. The van der Waals surface area contributed by atoms with E-state index >= 15 is 0 Å². The third-order valence-electron chi connectivity index (χ3n) is 2.25. The molecule has 1 aromatic heterocycles. The van der Waals surface area contributed by atoms with Crippen molar-refractivity contribution in [2.45, 2.75) is 18.9 Å². The minimum absolute atomic E-state index is 0.224. The first-order valence-corrected chi connectivity index (χ1v) is 6.41. The van der Waals surface area contributed by atoms with Crippen molar-refractivity contribution in [1.29, 1.82) is 0 Å². The zero-order valence-corrected chi connectivity index (χ0v) is 11.0. The van der Waals surface area contributed by atoms with Crippen LogP contribution in [-0.2, 0) is 11.9 Å². The molecule has 17 heavy (non-hydrogen) atoms. The van der Waals surface area contributed by atoms with Crippen LogP contribution in [-0.4, -0.2) is 22.2 Å². The lowest BCUT2D eigenvalue weighted by Crippen LogP contribution is -2.18. The van der Waals surface area contributed by atoms with E-state index < -0.39 is 5.82 Å². The number of nitrogens with zero attached hydrogens (tertiary/aromatic N) is 1. The third-order valence-corrected chi connectivity index (χ3v) is 2.93. The predicted molar refractivity (Wildman–Crippen MR) is 66.1 cm³/mol. The fraction of sp³-hybridized carbons (Fsp3) is 0.500. The van der Waals surface area contributed by atoms with Gasteiger partial charge in [-0.25, -0.2) is 18.3 Å². The van der Waals surface area contributed by atoms with Gasteiger partial charge in [0.25, 0.3) is 0 Å². The normalized spacial score (nSPS) is 12.4. The van der Waals surface area contributed by atoms with Crippen LogP contribution in [0.5, 0.6) is 5.88 Å². The molecule has 1 rings (SSSR count). The van der Waals surface area contributed by atoms with E-state index in [9.17, 15) is 8.60 Å². The number of halogens is 2. The van der Waals surface area contributed by atoms with E-state index in [1.165, 1.54) is 13.2 Å². The first-order chi connectivity index (χ1) is 8.22. The molecule has 0 aromatic carbocycles. The average Bonchev–Trinajstić information content (AvgIpc) is 2.34. The molecule has 0 saturated heterocycles. The molecule has 1 aromatic rings. The SMILES string of the molecule is COc1ncc(F)cc1C(CCCCl)N[SH]=O. The van der Waals surface area contributed by atoms with Crippen molar-refractivity contribution in [1.82, 2.24) is 9.71 Å². The van der Waals surface area contributed by atoms with E-state index in [0.717, 1.165) is 6.20 Å². The van der Waals surface area contributed by atoms with Crippen LogP contribution in [0.1, 0.15) is 24.4 Å². The highest BCUT2D eigenvalue weighted by molar-refractivity contribution is 7.63. The number of hydrogen-bond donors (Lipinski definition) is 2. The van der Waals surface area contributed by atoms with Crippen molar-refractivity contribution in [3.8, 4) is 5.88 Å². The van der Waals surface area contributed by atoms with E-state index in [1.807, 2.05) is 0 Å². The summed E-state index contributed by atoms with van der Waals surface area (Å²) in [7, 11) is 1.46. The lowest BCUT2D eigenvalue weighted by Gasteiger charge is -2.17. The molecule has 4 nitrogen and oxygen atoms in total. The summed E-state index contributed by atoms with van der Waals surface area (Å²) in [5.74, 6) is 0.349. The van der Waals surface area contributed by atoms with Gasteiger partial charge in [-0.1, -0.05) is 0 Å². The van der Waals surface area contributed by atoms with Gasteiger partial charge in [0.2, 0.25) is 5.88 Å². The highest BCUT2D eigenvalue weighted by Crippen LogP contribution is 2.26. The molecule has 0 amide bonds. The molecular weight excluding hydrogens is 267 g/mol. The molecule has 1 atom stereocenters. The Balaban J connectivity index is 2.97. The molecule has 0 aliphatic heterocycles. The Morgan fingerprint density at radius 1 is 1.71 bits per heavy atom. The number of methoxy groups -OCH3 is 1. The molecule has 1 heterocycles. The Kier molecular flexibility index (Phi) is 6.39. The second-order valence-electron chi connectivity index (χ2n) is 3.36. The molecule has 0 bridgehead atoms. The molecule has 0 radical (unpaired) electrons. The van der Waals surface area contributed by atoms with Crippen molar-refractivity contribution in [3.05, 3.63) is 23.6 Å². The summed E-state index contributed by atoms with van der Waals surface area (Å²) in [4.78, 5) is 3.83. The van der Waals surface area contributed by atoms with Crippen LogP contribution in [0, 0.1) is 5.82 Å². The van der Waals surface area contributed by atoms with Crippen molar-refractivity contribution in [2.75, 3.05) is 13.0 Å². The number of aromatic nitrogens is 1. The average molecular weight is 281 g/mol. The van der Waals surface area contributed by atoms with Gasteiger partial charge in [0.15, 0.2) is 0 Å². The smallest absolute Gasteiger partial charge is 0.218 e. The number of pyridine rings is 1. The Morgan fingerprint density at radius 3 is 3.06 bits per heavy atom. The van der Waals surface area contributed by atoms with Gasteiger partial charge in [0, 0.05) is 17.5 Å². The maximum atomic E-state index is 13.2. The van der Waals surface area contributed by atoms with Crippen LogP contribution in [0.2, 0.25) is 0 Å². The molecule has 1 unspecified atom stereocenters. The molecule has 0 spiro atoms. The van der Waals surface area contributed by atoms with E-state index in [1.54, 1.807) is 0 Å².